The van der Waals surface area contributed by atoms with Gasteiger partial charge in [0.2, 0.25) is 0 Å². The van der Waals surface area contributed by atoms with Crippen molar-refractivity contribution in [2.24, 2.45) is 0 Å². The Bertz CT molecular complexity index is 372. The van der Waals surface area contributed by atoms with Gasteiger partial charge < -0.3 is 9.47 Å². The molecule has 4 nitrogen and oxygen atoms in total. The number of nitrogens with one attached hydrogen (secondary N) is 1. The molecule has 1 fully saturated rings. The fourth-order valence-corrected chi connectivity index (χ4v) is 1.63. The molecule has 0 bridgehead atoms. The summed E-state index contributed by atoms with van der Waals surface area (Å²) in [6, 6.07) is 7.59. The summed E-state index contributed by atoms with van der Waals surface area (Å²) in [5.74, 6) is 0. The van der Waals surface area contributed by atoms with Crippen LogP contribution >= 0.6 is 0 Å². The average molecular weight is 221 g/mol. The molecule has 0 aromatic heterocycles. The number of aryl methyl sites for hydroxylation is 1. The first-order valence-electron chi connectivity index (χ1n) is 5.36. The van der Waals surface area contributed by atoms with Crippen LogP contribution in [-0.2, 0) is 9.47 Å². The monoisotopic (exact) mass is 221 g/mol. The van der Waals surface area contributed by atoms with Crippen LogP contribution in [0.3, 0.4) is 0 Å². The van der Waals surface area contributed by atoms with Crippen molar-refractivity contribution < 1.29 is 14.3 Å². The Morgan fingerprint density at radius 3 is 3.12 bits per heavy atom. The second-order valence-electron chi connectivity index (χ2n) is 3.89. The fraction of sp³-hybridized carbons (Fsp3) is 0.417. The van der Waals surface area contributed by atoms with Crippen LogP contribution in [0.1, 0.15) is 12.0 Å². The van der Waals surface area contributed by atoms with Gasteiger partial charge in [-0.1, -0.05) is 12.1 Å². The van der Waals surface area contributed by atoms with E-state index in [4.69, 9.17) is 9.47 Å². The summed E-state index contributed by atoms with van der Waals surface area (Å²) >= 11 is 0. The molecular weight excluding hydrogens is 206 g/mol. The predicted octanol–water partition coefficient (Wildman–Crippen LogP) is 2.33. The van der Waals surface area contributed by atoms with E-state index in [0.29, 0.717) is 13.2 Å². The van der Waals surface area contributed by atoms with E-state index in [-0.39, 0.29) is 6.10 Å². The van der Waals surface area contributed by atoms with Gasteiger partial charge in [0.1, 0.15) is 6.10 Å². The molecule has 1 aromatic rings. The highest BCUT2D eigenvalue weighted by molar-refractivity contribution is 5.84. The van der Waals surface area contributed by atoms with Crippen molar-refractivity contribution in [3.63, 3.8) is 0 Å². The molecule has 0 spiro atoms. The lowest BCUT2D eigenvalue weighted by atomic mass is 10.2. The molecular formula is C12H15NO3. The van der Waals surface area contributed by atoms with Gasteiger partial charge in [0, 0.05) is 12.1 Å². The van der Waals surface area contributed by atoms with Crippen molar-refractivity contribution in [1.82, 2.24) is 0 Å². The van der Waals surface area contributed by atoms with Crippen LogP contribution in [0, 0.1) is 6.92 Å². The molecule has 1 atom stereocenters. The minimum Gasteiger partial charge on any atom is -0.443 e. The zero-order chi connectivity index (χ0) is 11.4. The van der Waals surface area contributed by atoms with Gasteiger partial charge in [-0.25, -0.2) is 4.79 Å². The van der Waals surface area contributed by atoms with Gasteiger partial charge in [-0.05, 0) is 24.6 Å². The van der Waals surface area contributed by atoms with E-state index in [1.807, 2.05) is 31.2 Å². The van der Waals surface area contributed by atoms with Crippen LogP contribution in [0.25, 0.3) is 0 Å². The summed E-state index contributed by atoms with van der Waals surface area (Å²) in [6.07, 6.45) is 0.257. The molecule has 16 heavy (non-hydrogen) atoms. The Morgan fingerprint density at radius 2 is 2.44 bits per heavy atom. The number of hydrogen-bond acceptors (Lipinski definition) is 3. The molecule has 0 aliphatic carbocycles. The Morgan fingerprint density at radius 1 is 1.56 bits per heavy atom. The van der Waals surface area contributed by atoms with Crippen LogP contribution < -0.4 is 5.32 Å². The summed E-state index contributed by atoms with van der Waals surface area (Å²) in [5, 5.41) is 2.69. The van der Waals surface area contributed by atoms with Gasteiger partial charge in [-0.15, -0.1) is 0 Å². The maximum atomic E-state index is 11.5. The third kappa shape index (κ3) is 2.97. The standard InChI is InChI=1S/C12H15NO3/c1-9-3-2-4-10(7-9)13-12(14)16-11-5-6-15-8-11/h2-4,7,11H,5-6,8H2,1H3,(H,13,14). The molecule has 4 heteroatoms. The van der Waals surface area contributed by atoms with E-state index in [1.54, 1.807) is 0 Å². The van der Waals surface area contributed by atoms with E-state index in [2.05, 4.69) is 5.32 Å². The zero-order valence-corrected chi connectivity index (χ0v) is 9.23. The van der Waals surface area contributed by atoms with Crippen molar-refractivity contribution in [3.05, 3.63) is 29.8 Å². The molecule has 0 saturated carbocycles. The first-order valence-corrected chi connectivity index (χ1v) is 5.36. The van der Waals surface area contributed by atoms with Gasteiger partial charge in [-0.3, -0.25) is 5.32 Å². The minimum atomic E-state index is -0.416. The van der Waals surface area contributed by atoms with E-state index in [9.17, 15) is 4.79 Å². The summed E-state index contributed by atoms with van der Waals surface area (Å²) in [4.78, 5) is 11.5. The highest BCUT2D eigenvalue weighted by Crippen LogP contribution is 2.12. The molecule has 1 saturated heterocycles. The third-order valence-electron chi connectivity index (χ3n) is 2.43. The number of carbonyl (C=O) groups is 1. The Labute approximate surface area is 94.6 Å². The van der Waals surface area contributed by atoms with Gasteiger partial charge in [0.15, 0.2) is 0 Å². The lowest BCUT2D eigenvalue weighted by Crippen LogP contribution is -2.22. The molecule has 1 aromatic carbocycles. The Balaban J connectivity index is 1.86. The van der Waals surface area contributed by atoms with Crippen LogP contribution in [-0.4, -0.2) is 25.4 Å². The second-order valence-corrected chi connectivity index (χ2v) is 3.89. The largest absolute Gasteiger partial charge is 0.443 e. The SMILES string of the molecule is Cc1cccc(NC(=O)OC2CCOC2)c1. The van der Waals surface area contributed by atoms with Crippen LogP contribution in [0.5, 0.6) is 0 Å². The summed E-state index contributed by atoms with van der Waals surface area (Å²) in [5.41, 5.74) is 1.85. The normalized spacial score (nSPS) is 19.4. The molecule has 0 radical (unpaired) electrons. The molecule has 1 aliphatic rings. The van der Waals surface area contributed by atoms with Gasteiger partial charge in [0.05, 0.1) is 13.2 Å². The van der Waals surface area contributed by atoms with E-state index in [0.717, 1.165) is 17.7 Å². The van der Waals surface area contributed by atoms with Crippen LogP contribution in [0.4, 0.5) is 10.5 Å². The smallest absolute Gasteiger partial charge is 0.411 e. The molecule has 1 heterocycles. The van der Waals surface area contributed by atoms with Crippen LogP contribution in [0.15, 0.2) is 24.3 Å². The van der Waals surface area contributed by atoms with Crippen molar-refractivity contribution >= 4 is 11.8 Å². The minimum absolute atomic E-state index is 0.107. The number of carbonyl (C=O) groups excluding carboxylic acids is 1. The van der Waals surface area contributed by atoms with Crippen molar-refractivity contribution in [1.29, 1.82) is 0 Å². The van der Waals surface area contributed by atoms with E-state index in [1.165, 1.54) is 0 Å². The maximum Gasteiger partial charge on any atom is 0.411 e. The number of ether oxygens (including phenoxy) is 2. The van der Waals surface area contributed by atoms with Gasteiger partial charge in [0.25, 0.3) is 0 Å². The maximum absolute atomic E-state index is 11.5. The Hall–Kier alpha value is -1.55. The summed E-state index contributed by atoms with van der Waals surface area (Å²) < 4.78 is 10.3. The zero-order valence-electron chi connectivity index (χ0n) is 9.23. The number of hydrogen-bond donors (Lipinski definition) is 1. The lowest BCUT2D eigenvalue weighted by molar-refractivity contribution is 0.0932. The molecule has 86 valence electrons. The molecule has 1 unspecified atom stereocenters. The molecule has 2 rings (SSSR count). The van der Waals surface area contributed by atoms with Crippen molar-refractivity contribution in [2.75, 3.05) is 18.5 Å². The van der Waals surface area contributed by atoms with Crippen LogP contribution in [0.2, 0.25) is 0 Å². The number of rotatable bonds is 2. The predicted molar refractivity (Wildman–Crippen MR) is 60.5 cm³/mol. The van der Waals surface area contributed by atoms with Crippen molar-refractivity contribution in [2.45, 2.75) is 19.4 Å². The summed E-state index contributed by atoms with van der Waals surface area (Å²) in [6.45, 7) is 3.14. The highest BCUT2D eigenvalue weighted by atomic mass is 16.6. The highest BCUT2D eigenvalue weighted by Gasteiger charge is 2.19. The van der Waals surface area contributed by atoms with Crippen molar-refractivity contribution in [3.8, 4) is 0 Å². The topological polar surface area (TPSA) is 47.6 Å². The lowest BCUT2D eigenvalue weighted by Gasteiger charge is -2.11. The molecule has 1 N–H and O–H groups in total. The first kappa shape index (κ1) is 11.0. The summed E-state index contributed by atoms with van der Waals surface area (Å²) in [7, 11) is 0. The fourth-order valence-electron chi connectivity index (χ4n) is 1.63. The first-order chi connectivity index (χ1) is 7.74. The van der Waals surface area contributed by atoms with Gasteiger partial charge in [-0.2, -0.15) is 0 Å². The average Bonchev–Trinajstić information content (AvgIpc) is 2.70. The van der Waals surface area contributed by atoms with E-state index < -0.39 is 6.09 Å². The number of anilines is 1. The molecule has 1 amide bonds. The Kier molecular flexibility index (Phi) is 3.41. The third-order valence-corrected chi connectivity index (χ3v) is 2.43. The number of benzene rings is 1. The molecule has 1 aliphatic heterocycles. The second kappa shape index (κ2) is 4.99. The van der Waals surface area contributed by atoms with E-state index >= 15 is 0 Å². The van der Waals surface area contributed by atoms with Gasteiger partial charge >= 0.3 is 6.09 Å². The number of amides is 1. The quantitative estimate of drug-likeness (QED) is 0.833.